The van der Waals surface area contributed by atoms with E-state index < -0.39 is 0 Å². The van der Waals surface area contributed by atoms with E-state index >= 15 is 0 Å². The molecule has 0 unspecified atom stereocenters. The van der Waals surface area contributed by atoms with E-state index in [0.717, 1.165) is 43.1 Å². The standard InChI is InChI=1S/C18H29N3O3.HI/c1-14-9-10-15(16(12-14)23-3)13-21-18(19-2)20-11-7-5-6-8-17(22)24-4;/h9-10,12H,5-8,11,13H2,1-4H3,(H2,19,20,21);1H. The number of hydrogen-bond donors (Lipinski definition) is 2. The van der Waals surface area contributed by atoms with Crippen LogP contribution in [0.25, 0.3) is 0 Å². The summed E-state index contributed by atoms with van der Waals surface area (Å²) in [6.07, 6.45) is 3.29. The molecule has 1 rings (SSSR count). The maximum absolute atomic E-state index is 11.0. The molecule has 142 valence electrons. The number of ether oxygens (including phenoxy) is 2. The van der Waals surface area contributed by atoms with E-state index in [9.17, 15) is 4.79 Å². The number of carbonyl (C=O) groups is 1. The molecule has 1 aromatic rings. The second-order valence-electron chi connectivity index (χ2n) is 5.55. The van der Waals surface area contributed by atoms with Crippen molar-refractivity contribution in [1.82, 2.24) is 10.6 Å². The fourth-order valence-electron chi connectivity index (χ4n) is 2.28. The van der Waals surface area contributed by atoms with Crippen LogP contribution in [0.5, 0.6) is 5.75 Å². The maximum Gasteiger partial charge on any atom is 0.305 e. The summed E-state index contributed by atoms with van der Waals surface area (Å²) in [6, 6.07) is 6.15. The summed E-state index contributed by atoms with van der Waals surface area (Å²) in [6.45, 7) is 3.50. The molecule has 6 nitrogen and oxygen atoms in total. The van der Waals surface area contributed by atoms with E-state index in [4.69, 9.17) is 4.74 Å². The third-order valence-corrected chi connectivity index (χ3v) is 3.69. The molecule has 0 heterocycles. The fraction of sp³-hybridized carbons (Fsp3) is 0.556. The molecule has 0 saturated heterocycles. The molecule has 0 radical (unpaired) electrons. The molecule has 25 heavy (non-hydrogen) atoms. The molecule has 2 N–H and O–H groups in total. The molecule has 0 aromatic heterocycles. The predicted octanol–water partition coefficient (Wildman–Crippen LogP) is 3.02. The van der Waals surface area contributed by atoms with Crippen molar-refractivity contribution in [1.29, 1.82) is 0 Å². The van der Waals surface area contributed by atoms with E-state index in [0.29, 0.717) is 13.0 Å². The first-order valence-corrected chi connectivity index (χ1v) is 8.25. The van der Waals surface area contributed by atoms with Gasteiger partial charge in [0.15, 0.2) is 5.96 Å². The van der Waals surface area contributed by atoms with E-state index in [1.165, 1.54) is 12.7 Å². The number of rotatable bonds is 9. The van der Waals surface area contributed by atoms with Gasteiger partial charge in [-0.3, -0.25) is 9.79 Å². The smallest absolute Gasteiger partial charge is 0.305 e. The van der Waals surface area contributed by atoms with E-state index in [2.05, 4.69) is 32.5 Å². The summed E-state index contributed by atoms with van der Waals surface area (Å²) >= 11 is 0. The number of unbranched alkanes of at least 4 members (excludes halogenated alkanes) is 2. The van der Waals surface area contributed by atoms with Crippen molar-refractivity contribution < 1.29 is 14.3 Å². The van der Waals surface area contributed by atoms with Crippen molar-refractivity contribution >= 4 is 35.9 Å². The normalized spacial score (nSPS) is 10.6. The SMILES string of the molecule is CN=C(NCCCCCC(=O)OC)NCc1ccc(C)cc1OC.I. The van der Waals surface area contributed by atoms with Crippen molar-refractivity contribution in [2.24, 2.45) is 4.99 Å². The molecule has 0 bridgehead atoms. The minimum Gasteiger partial charge on any atom is -0.496 e. The molecule has 0 amide bonds. The van der Waals surface area contributed by atoms with Gasteiger partial charge in [-0.1, -0.05) is 18.6 Å². The number of methoxy groups -OCH3 is 2. The highest BCUT2D eigenvalue weighted by atomic mass is 127. The Morgan fingerprint density at radius 2 is 1.92 bits per heavy atom. The van der Waals surface area contributed by atoms with Crippen molar-refractivity contribution in [2.75, 3.05) is 27.8 Å². The van der Waals surface area contributed by atoms with E-state index in [1.54, 1.807) is 14.2 Å². The summed E-state index contributed by atoms with van der Waals surface area (Å²) in [4.78, 5) is 15.2. The first-order valence-electron chi connectivity index (χ1n) is 8.25. The molecule has 0 saturated carbocycles. The van der Waals surface area contributed by atoms with Gasteiger partial charge in [-0.05, 0) is 31.4 Å². The van der Waals surface area contributed by atoms with Crippen molar-refractivity contribution in [3.8, 4) is 5.75 Å². The largest absolute Gasteiger partial charge is 0.496 e. The average molecular weight is 463 g/mol. The maximum atomic E-state index is 11.0. The van der Waals surface area contributed by atoms with Gasteiger partial charge in [-0.2, -0.15) is 0 Å². The predicted molar refractivity (Wildman–Crippen MR) is 112 cm³/mol. The van der Waals surface area contributed by atoms with Gasteiger partial charge in [0.25, 0.3) is 0 Å². The zero-order valence-electron chi connectivity index (χ0n) is 15.6. The number of hydrogen-bond acceptors (Lipinski definition) is 4. The van der Waals surface area contributed by atoms with Crippen LogP contribution in [-0.4, -0.2) is 39.7 Å². The second-order valence-corrected chi connectivity index (χ2v) is 5.55. The van der Waals surface area contributed by atoms with Crippen molar-refractivity contribution in [2.45, 2.75) is 39.2 Å². The van der Waals surface area contributed by atoms with E-state index in [-0.39, 0.29) is 29.9 Å². The lowest BCUT2D eigenvalue weighted by Gasteiger charge is -2.14. The molecular formula is C18H30IN3O3. The van der Waals surface area contributed by atoms with Crippen molar-refractivity contribution in [3.63, 3.8) is 0 Å². The second kappa shape index (κ2) is 13.7. The van der Waals surface area contributed by atoms with Gasteiger partial charge in [-0.15, -0.1) is 24.0 Å². The Balaban J connectivity index is 0.00000576. The van der Waals surface area contributed by atoms with Crippen molar-refractivity contribution in [3.05, 3.63) is 29.3 Å². The summed E-state index contributed by atoms with van der Waals surface area (Å²) in [7, 11) is 4.85. The molecular weight excluding hydrogens is 433 g/mol. The number of aryl methyl sites for hydroxylation is 1. The topological polar surface area (TPSA) is 72.0 Å². The Hall–Kier alpha value is -1.51. The van der Waals surface area contributed by atoms with Crippen LogP contribution >= 0.6 is 24.0 Å². The first-order chi connectivity index (χ1) is 11.6. The number of benzene rings is 1. The third kappa shape index (κ3) is 9.52. The summed E-state index contributed by atoms with van der Waals surface area (Å²) in [5, 5.41) is 6.56. The van der Waals surface area contributed by atoms with Crippen LogP contribution in [0.15, 0.2) is 23.2 Å². The van der Waals surface area contributed by atoms with Crippen LogP contribution in [0.4, 0.5) is 0 Å². The van der Waals surface area contributed by atoms with Crippen LogP contribution < -0.4 is 15.4 Å². The van der Waals surface area contributed by atoms with Gasteiger partial charge < -0.3 is 20.1 Å². The molecule has 0 fully saturated rings. The number of halogens is 1. The molecule has 0 aliphatic rings. The zero-order valence-corrected chi connectivity index (χ0v) is 17.9. The van der Waals surface area contributed by atoms with Crippen LogP contribution in [0.1, 0.15) is 36.8 Å². The lowest BCUT2D eigenvalue weighted by Crippen LogP contribution is -2.37. The minimum absolute atomic E-state index is 0. The van der Waals surface area contributed by atoms with Crippen LogP contribution in [0, 0.1) is 6.92 Å². The van der Waals surface area contributed by atoms with Gasteiger partial charge in [-0.25, -0.2) is 0 Å². The number of carbonyl (C=O) groups excluding carboxylic acids is 1. The third-order valence-electron chi connectivity index (χ3n) is 3.69. The molecule has 0 aliphatic heterocycles. The number of aliphatic imine (C=N–C) groups is 1. The lowest BCUT2D eigenvalue weighted by atomic mass is 10.1. The summed E-state index contributed by atoms with van der Waals surface area (Å²) in [5.41, 5.74) is 2.26. The highest BCUT2D eigenvalue weighted by Gasteiger charge is 2.05. The zero-order chi connectivity index (χ0) is 17.8. The van der Waals surface area contributed by atoms with Gasteiger partial charge in [0, 0.05) is 32.1 Å². The average Bonchev–Trinajstić information content (AvgIpc) is 2.60. The fourth-order valence-corrected chi connectivity index (χ4v) is 2.28. The summed E-state index contributed by atoms with van der Waals surface area (Å²) < 4.78 is 10.0. The number of guanidine groups is 1. The minimum atomic E-state index is -0.146. The molecule has 7 heteroatoms. The monoisotopic (exact) mass is 463 g/mol. The molecule has 0 aliphatic carbocycles. The quantitative estimate of drug-likeness (QED) is 0.194. The van der Waals surface area contributed by atoms with Gasteiger partial charge in [0.1, 0.15) is 5.75 Å². The van der Waals surface area contributed by atoms with Gasteiger partial charge in [0.05, 0.1) is 14.2 Å². The molecule has 0 spiro atoms. The number of nitrogens with one attached hydrogen (secondary N) is 2. The van der Waals surface area contributed by atoms with Crippen LogP contribution in [0.3, 0.4) is 0 Å². The molecule has 1 aromatic carbocycles. The van der Waals surface area contributed by atoms with E-state index in [1.807, 2.05) is 13.0 Å². The Labute approximate surface area is 167 Å². The van der Waals surface area contributed by atoms with Crippen LogP contribution in [0.2, 0.25) is 0 Å². The summed E-state index contributed by atoms with van der Waals surface area (Å²) in [5.74, 6) is 1.49. The Morgan fingerprint density at radius 3 is 2.56 bits per heavy atom. The first kappa shape index (κ1) is 23.5. The molecule has 0 atom stereocenters. The highest BCUT2D eigenvalue weighted by Crippen LogP contribution is 2.19. The number of nitrogens with zero attached hydrogens (tertiary/aromatic N) is 1. The lowest BCUT2D eigenvalue weighted by molar-refractivity contribution is -0.140. The van der Waals surface area contributed by atoms with Crippen LogP contribution in [-0.2, 0) is 16.1 Å². The Bertz CT molecular complexity index is 550. The van der Waals surface area contributed by atoms with Gasteiger partial charge >= 0.3 is 5.97 Å². The Morgan fingerprint density at radius 1 is 1.16 bits per heavy atom. The number of esters is 1. The van der Waals surface area contributed by atoms with Gasteiger partial charge in [0.2, 0.25) is 0 Å². The Kier molecular flexibility index (Phi) is 12.9. The highest BCUT2D eigenvalue weighted by molar-refractivity contribution is 14.0.